The van der Waals surface area contributed by atoms with Crippen LogP contribution in [0.1, 0.15) is 21.5 Å². The standard InChI is InChI=1S/C37H25N5O7S4.2Na/c1-20-7-15-29-34(35(20)53(47,48)49)51-37(40-29)23-11-16-28-30(17-23)50-36(39-28)21-8-12-25(13-9-21)41-42-32-31(52(44,45)46)18-22-10-14-26(19-27(22)33(32)43)38-24-5-3-2-4-6-24;;/h2-19,38,41H,1H3,(H,44,45,46)(H,47,48,49);;/q;2*+1/p-2/b42-32-;;. The van der Waals surface area contributed by atoms with Crippen LogP contribution in [-0.2, 0) is 20.2 Å². The number of thiazole rings is 2. The van der Waals surface area contributed by atoms with Crippen molar-refractivity contribution in [3.05, 3.63) is 125 Å². The number of nitrogens with one attached hydrogen (secondary N) is 2. The van der Waals surface area contributed by atoms with E-state index in [1.165, 1.54) is 11.3 Å². The number of carbonyl (C=O) groups excluding carboxylic acids is 1. The van der Waals surface area contributed by atoms with E-state index in [9.17, 15) is 30.7 Å². The van der Waals surface area contributed by atoms with Crippen molar-refractivity contribution in [1.82, 2.24) is 9.97 Å². The number of ketones is 1. The molecule has 2 heterocycles. The number of aromatic nitrogens is 2. The first kappa shape index (κ1) is 41.0. The van der Waals surface area contributed by atoms with E-state index in [-0.39, 0.29) is 75.1 Å². The third-order valence-electron chi connectivity index (χ3n) is 8.39. The Kier molecular flexibility index (Phi) is 12.0. The molecule has 0 saturated carbocycles. The summed E-state index contributed by atoms with van der Waals surface area (Å²) in [6.07, 6.45) is 1.15. The number of hydrazone groups is 1. The van der Waals surface area contributed by atoms with E-state index in [1.807, 2.05) is 48.5 Å². The summed E-state index contributed by atoms with van der Waals surface area (Å²) in [6.45, 7) is 1.58. The van der Waals surface area contributed by atoms with Crippen LogP contribution in [0, 0.1) is 6.92 Å². The maximum atomic E-state index is 13.6. The number of fused-ring (bicyclic) bond motifs is 3. The van der Waals surface area contributed by atoms with Gasteiger partial charge < -0.3 is 14.4 Å². The summed E-state index contributed by atoms with van der Waals surface area (Å²) in [7, 11) is -9.74. The molecule has 264 valence electrons. The first-order valence-corrected chi connectivity index (χ1v) is 20.2. The summed E-state index contributed by atoms with van der Waals surface area (Å²) in [5.74, 6) is -0.719. The molecule has 7 aromatic rings. The number of nitrogens with zero attached hydrogens (tertiary/aromatic N) is 3. The second-order valence-corrected chi connectivity index (χ2v) is 16.7. The zero-order valence-electron chi connectivity index (χ0n) is 29.2. The Bertz CT molecular complexity index is 2930. The second-order valence-electron chi connectivity index (χ2n) is 12.0. The summed E-state index contributed by atoms with van der Waals surface area (Å²) in [6, 6.07) is 29.9. The van der Waals surface area contributed by atoms with Gasteiger partial charge in [-0.25, -0.2) is 26.8 Å². The molecule has 0 saturated heterocycles. The average Bonchev–Trinajstić information content (AvgIpc) is 3.75. The van der Waals surface area contributed by atoms with Crippen LogP contribution in [0.3, 0.4) is 0 Å². The van der Waals surface area contributed by atoms with Gasteiger partial charge >= 0.3 is 59.1 Å². The molecule has 1 aliphatic rings. The molecule has 0 bridgehead atoms. The van der Waals surface area contributed by atoms with E-state index in [0.29, 0.717) is 37.2 Å². The third-order valence-corrected chi connectivity index (χ3v) is 12.6. The molecular formula is C37H23N5Na2O7S4. The van der Waals surface area contributed by atoms with E-state index >= 15 is 0 Å². The molecule has 2 aromatic heterocycles. The number of hydrogen-bond donors (Lipinski definition) is 2. The number of anilines is 3. The number of rotatable bonds is 8. The predicted molar refractivity (Wildman–Crippen MR) is 206 cm³/mol. The number of Topliss-reactive ketones (excluding diaryl/α,β-unsaturated/α-hetero) is 1. The van der Waals surface area contributed by atoms with E-state index < -0.39 is 36.6 Å². The van der Waals surface area contributed by atoms with Crippen molar-refractivity contribution in [2.24, 2.45) is 5.10 Å². The van der Waals surface area contributed by atoms with Crippen molar-refractivity contribution >= 4 is 98.0 Å². The van der Waals surface area contributed by atoms with E-state index in [4.69, 9.17) is 4.98 Å². The summed E-state index contributed by atoms with van der Waals surface area (Å²) in [5, 5.41) is 8.56. The number of aryl methyl sites for hydroxylation is 1. The number of carbonyl (C=O) groups is 1. The zero-order valence-corrected chi connectivity index (χ0v) is 36.5. The third kappa shape index (κ3) is 8.41. The Balaban J connectivity index is 0.00000257. The first-order chi connectivity index (χ1) is 25.3. The fraction of sp³-hybridized carbons (Fsp3) is 0.0270. The topological polar surface area (TPSA) is 194 Å². The minimum absolute atomic E-state index is 0. The molecule has 2 N–H and O–H groups in total. The number of para-hydroxylation sites is 1. The summed E-state index contributed by atoms with van der Waals surface area (Å²) in [5.41, 5.74) is 7.54. The Morgan fingerprint density at radius 3 is 2.05 bits per heavy atom. The molecule has 0 spiro atoms. The van der Waals surface area contributed by atoms with Gasteiger partial charge in [0.15, 0.2) is 0 Å². The molecule has 0 unspecified atom stereocenters. The Hall–Kier alpha value is -3.62. The minimum Gasteiger partial charge on any atom is -0.744 e. The maximum Gasteiger partial charge on any atom is 1.00 e. The normalized spacial score (nSPS) is 13.5. The first-order valence-electron chi connectivity index (χ1n) is 15.7. The van der Waals surface area contributed by atoms with Crippen molar-refractivity contribution in [3.63, 3.8) is 0 Å². The predicted octanol–water partition coefficient (Wildman–Crippen LogP) is 1.75. The van der Waals surface area contributed by atoms with Gasteiger partial charge in [0, 0.05) is 28.1 Å². The molecule has 0 radical (unpaired) electrons. The van der Waals surface area contributed by atoms with Crippen LogP contribution >= 0.6 is 22.7 Å². The molecule has 55 heavy (non-hydrogen) atoms. The zero-order chi connectivity index (χ0) is 37.1. The van der Waals surface area contributed by atoms with Gasteiger partial charge in [-0.3, -0.25) is 10.2 Å². The molecule has 0 aliphatic heterocycles. The van der Waals surface area contributed by atoms with Crippen LogP contribution in [0.15, 0.2) is 118 Å². The van der Waals surface area contributed by atoms with Crippen LogP contribution in [0.4, 0.5) is 17.1 Å². The molecule has 0 fully saturated rings. The van der Waals surface area contributed by atoms with Gasteiger partial charge in [-0.2, -0.15) is 5.10 Å². The Morgan fingerprint density at radius 1 is 0.691 bits per heavy atom. The molecule has 12 nitrogen and oxygen atoms in total. The fourth-order valence-electron chi connectivity index (χ4n) is 5.88. The number of benzene rings is 5. The number of hydrogen-bond acceptors (Lipinski definition) is 14. The van der Waals surface area contributed by atoms with Crippen LogP contribution in [0.5, 0.6) is 0 Å². The molecule has 5 aromatic carbocycles. The smallest absolute Gasteiger partial charge is 0.744 e. The fourth-order valence-corrected chi connectivity index (χ4v) is 9.82. The second kappa shape index (κ2) is 16.1. The van der Waals surface area contributed by atoms with Gasteiger partial charge in [-0.1, -0.05) is 30.3 Å². The number of allylic oxidation sites excluding steroid dienone is 1. The summed E-state index contributed by atoms with van der Waals surface area (Å²) < 4.78 is 73.7. The summed E-state index contributed by atoms with van der Waals surface area (Å²) >= 11 is 2.57. The van der Waals surface area contributed by atoms with Crippen molar-refractivity contribution in [1.29, 1.82) is 0 Å². The van der Waals surface area contributed by atoms with Crippen LogP contribution in [0.25, 0.3) is 47.7 Å². The van der Waals surface area contributed by atoms with Gasteiger partial charge in [-0.15, -0.1) is 22.7 Å². The van der Waals surface area contributed by atoms with Crippen molar-refractivity contribution in [3.8, 4) is 21.1 Å². The van der Waals surface area contributed by atoms with Gasteiger partial charge in [-0.05, 0) is 96.9 Å². The van der Waals surface area contributed by atoms with Gasteiger partial charge in [0.2, 0.25) is 5.78 Å². The van der Waals surface area contributed by atoms with Crippen molar-refractivity contribution in [2.45, 2.75) is 11.8 Å². The largest absolute Gasteiger partial charge is 1.00 e. The molecule has 0 atom stereocenters. The van der Waals surface area contributed by atoms with Gasteiger partial charge in [0.1, 0.15) is 36.0 Å². The SMILES string of the molecule is Cc1ccc2nc(-c3ccc4nc(-c5ccc(N/N=C6\C(=O)c7cc(Nc8ccccc8)ccc7C=C6S(=O)(=O)[O-])cc5)sc4c3)sc2c1S(=O)(=O)[O-].[Na+].[Na+]. The van der Waals surface area contributed by atoms with Crippen molar-refractivity contribution < 1.29 is 89.9 Å². The molecule has 1 aliphatic carbocycles. The monoisotopic (exact) mass is 823 g/mol. The molecule has 18 heteroatoms. The maximum absolute atomic E-state index is 13.6. The molecular weight excluding hydrogens is 801 g/mol. The average molecular weight is 824 g/mol. The van der Waals surface area contributed by atoms with Gasteiger partial charge in [0.05, 0.1) is 35.9 Å². The van der Waals surface area contributed by atoms with E-state index in [1.54, 1.807) is 61.5 Å². The quantitative estimate of drug-likeness (QED) is 0.129. The van der Waals surface area contributed by atoms with Crippen molar-refractivity contribution in [2.75, 3.05) is 10.7 Å². The van der Waals surface area contributed by atoms with Crippen LogP contribution in [-0.4, -0.2) is 47.4 Å². The van der Waals surface area contributed by atoms with E-state index in [2.05, 4.69) is 20.8 Å². The Labute approximate surface area is 367 Å². The van der Waals surface area contributed by atoms with E-state index in [0.717, 1.165) is 44.4 Å². The Morgan fingerprint density at radius 2 is 1.35 bits per heavy atom. The minimum atomic E-state index is -5.05. The van der Waals surface area contributed by atoms with Gasteiger partial charge in [0.25, 0.3) is 0 Å². The van der Waals surface area contributed by atoms with Crippen LogP contribution < -0.4 is 69.9 Å². The molecule has 0 amide bonds. The molecule has 8 rings (SSSR count). The summed E-state index contributed by atoms with van der Waals surface area (Å²) in [4.78, 5) is 21.9. The van der Waals surface area contributed by atoms with Crippen LogP contribution in [0.2, 0.25) is 0 Å².